The molecule has 1 N–H and O–H groups in total. The quantitative estimate of drug-likeness (QED) is 0.823. The normalized spacial score (nSPS) is 11.7. The second-order valence-electron chi connectivity index (χ2n) is 4.41. The van der Waals surface area contributed by atoms with Gasteiger partial charge in [-0.25, -0.2) is 0 Å². The zero-order valence-corrected chi connectivity index (χ0v) is 12.7. The van der Waals surface area contributed by atoms with E-state index in [4.69, 9.17) is 11.6 Å². The Hall–Kier alpha value is -1.17. The average Bonchev–Trinajstić information content (AvgIpc) is 2.42. The summed E-state index contributed by atoms with van der Waals surface area (Å²) in [5.74, 6) is 0. The predicted octanol–water partition coefficient (Wildman–Crippen LogP) is 5.23. The second-order valence-corrected chi connectivity index (χ2v) is 5.97. The molecule has 0 aliphatic rings. The summed E-state index contributed by atoms with van der Waals surface area (Å²) < 4.78 is 39.5. The van der Waals surface area contributed by atoms with Crippen molar-refractivity contribution in [1.29, 1.82) is 0 Å². The molecule has 0 atom stereocenters. The molecular formula is C15H13ClF3NS. The fourth-order valence-corrected chi connectivity index (χ4v) is 2.90. The van der Waals surface area contributed by atoms with Crippen LogP contribution in [0, 0.1) is 0 Å². The van der Waals surface area contributed by atoms with Crippen LogP contribution in [0.1, 0.15) is 11.1 Å². The summed E-state index contributed by atoms with van der Waals surface area (Å²) in [6.45, 7) is 0.398. The zero-order valence-electron chi connectivity index (χ0n) is 11.2. The Morgan fingerprint density at radius 1 is 1.10 bits per heavy atom. The average molecular weight is 332 g/mol. The van der Waals surface area contributed by atoms with Crippen LogP contribution >= 0.6 is 23.4 Å². The largest absolute Gasteiger partial charge is 0.417 e. The van der Waals surface area contributed by atoms with Crippen molar-refractivity contribution in [2.24, 2.45) is 0 Å². The first-order valence-corrected chi connectivity index (χ1v) is 7.38. The SMILES string of the molecule is CNCc1ccc(Sc2ccc(Cl)cc2)c(C(F)(F)F)c1. The van der Waals surface area contributed by atoms with Gasteiger partial charge >= 0.3 is 6.18 Å². The first kappa shape index (κ1) is 16.2. The Labute approximate surface area is 130 Å². The lowest BCUT2D eigenvalue weighted by Gasteiger charge is -2.14. The molecule has 0 spiro atoms. The fraction of sp³-hybridized carbons (Fsp3) is 0.200. The maximum absolute atomic E-state index is 13.2. The highest BCUT2D eigenvalue weighted by atomic mass is 35.5. The molecule has 2 rings (SSSR count). The van der Waals surface area contributed by atoms with E-state index in [0.29, 0.717) is 22.0 Å². The third kappa shape index (κ3) is 4.40. The number of alkyl halides is 3. The molecule has 2 aromatic carbocycles. The molecule has 6 heteroatoms. The highest BCUT2D eigenvalue weighted by molar-refractivity contribution is 7.99. The number of benzene rings is 2. The maximum atomic E-state index is 13.2. The molecule has 0 radical (unpaired) electrons. The Bertz CT molecular complexity index is 611. The van der Waals surface area contributed by atoms with Gasteiger partial charge in [-0.2, -0.15) is 13.2 Å². The van der Waals surface area contributed by atoms with Crippen molar-refractivity contribution in [2.75, 3.05) is 7.05 Å². The van der Waals surface area contributed by atoms with Gasteiger partial charge in [0, 0.05) is 21.4 Å². The van der Waals surface area contributed by atoms with E-state index < -0.39 is 11.7 Å². The van der Waals surface area contributed by atoms with Crippen LogP contribution in [0.4, 0.5) is 13.2 Å². The van der Waals surface area contributed by atoms with Crippen molar-refractivity contribution in [1.82, 2.24) is 5.32 Å². The van der Waals surface area contributed by atoms with Crippen LogP contribution in [-0.2, 0) is 12.7 Å². The van der Waals surface area contributed by atoms with E-state index in [1.165, 1.54) is 12.1 Å². The van der Waals surface area contributed by atoms with Crippen LogP contribution in [-0.4, -0.2) is 7.05 Å². The van der Waals surface area contributed by atoms with Crippen molar-refractivity contribution >= 4 is 23.4 Å². The first-order valence-electron chi connectivity index (χ1n) is 6.18. The molecule has 0 bridgehead atoms. The Balaban J connectivity index is 2.35. The summed E-state index contributed by atoms with van der Waals surface area (Å²) in [5, 5.41) is 3.40. The Morgan fingerprint density at radius 2 is 1.76 bits per heavy atom. The highest BCUT2D eigenvalue weighted by Gasteiger charge is 2.33. The molecule has 0 aliphatic carbocycles. The molecule has 0 heterocycles. The van der Waals surface area contributed by atoms with Crippen LogP contribution in [0.3, 0.4) is 0 Å². The van der Waals surface area contributed by atoms with E-state index in [1.54, 1.807) is 37.4 Å². The maximum Gasteiger partial charge on any atom is 0.417 e. The van der Waals surface area contributed by atoms with E-state index in [1.807, 2.05) is 0 Å². The number of hydrogen-bond acceptors (Lipinski definition) is 2. The Kier molecular flexibility index (Phi) is 5.19. The lowest BCUT2D eigenvalue weighted by atomic mass is 10.1. The molecule has 0 unspecified atom stereocenters. The van der Waals surface area contributed by atoms with Crippen molar-refractivity contribution in [3.05, 3.63) is 58.6 Å². The van der Waals surface area contributed by atoms with Crippen molar-refractivity contribution in [3.8, 4) is 0 Å². The minimum absolute atomic E-state index is 0.185. The van der Waals surface area contributed by atoms with Gasteiger partial charge in [0.2, 0.25) is 0 Å². The van der Waals surface area contributed by atoms with Gasteiger partial charge in [-0.1, -0.05) is 29.4 Å². The first-order chi connectivity index (χ1) is 9.90. The molecule has 0 aromatic heterocycles. The Morgan fingerprint density at radius 3 is 2.33 bits per heavy atom. The smallest absolute Gasteiger partial charge is 0.316 e. The van der Waals surface area contributed by atoms with Gasteiger partial charge in [0.1, 0.15) is 0 Å². The summed E-state index contributed by atoms with van der Waals surface area (Å²) in [5.41, 5.74) is -0.0134. The van der Waals surface area contributed by atoms with Crippen LogP contribution in [0.2, 0.25) is 5.02 Å². The molecular weight excluding hydrogens is 319 g/mol. The topological polar surface area (TPSA) is 12.0 Å². The summed E-state index contributed by atoms with van der Waals surface area (Å²) in [6.07, 6.45) is -4.38. The van der Waals surface area contributed by atoms with E-state index >= 15 is 0 Å². The van der Waals surface area contributed by atoms with Crippen LogP contribution in [0.5, 0.6) is 0 Å². The van der Waals surface area contributed by atoms with Gasteiger partial charge in [0.15, 0.2) is 0 Å². The summed E-state index contributed by atoms with van der Waals surface area (Å²) in [7, 11) is 1.70. The lowest BCUT2D eigenvalue weighted by Crippen LogP contribution is -2.10. The summed E-state index contributed by atoms with van der Waals surface area (Å²) in [6, 6.07) is 11.1. The molecule has 0 aliphatic heterocycles. The lowest BCUT2D eigenvalue weighted by molar-refractivity contribution is -0.139. The van der Waals surface area contributed by atoms with Crippen molar-refractivity contribution < 1.29 is 13.2 Å². The van der Waals surface area contributed by atoms with Gasteiger partial charge in [0.25, 0.3) is 0 Å². The van der Waals surface area contributed by atoms with Crippen LogP contribution < -0.4 is 5.32 Å². The van der Waals surface area contributed by atoms with Crippen molar-refractivity contribution in [2.45, 2.75) is 22.5 Å². The predicted molar refractivity (Wildman–Crippen MR) is 79.8 cm³/mol. The molecule has 2 aromatic rings. The van der Waals surface area contributed by atoms with Gasteiger partial charge < -0.3 is 5.32 Å². The molecule has 0 fully saturated rings. The molecule has 1 nitrogen and oxygen atoms in total. The minimum atomic E-state index is -4.38. The molecule has 0 saturated carbocycles. The van der Waals surface area contributed by atoms with Gasteiger partial charge in [-0.15, -0.1) is 0 Å². The van der Waals surface area contributed by atoms with Crippen molar-refractivity contribution in [3.63, 3.8) is 0 Å². The van der Waals surface area contributed by atoms with E-state index in [-0.39, 0.29) is 4.90 Å². The standard InChI is InChI=1S/C15H13ClF3NS/c1-20-9-10-2-7-14(13(8-10)15(17,18)19)21-12-5-3-11(16)4-6-12/h2-8,20H,9H2,1H3. The monoisotopic (exact) mass is 331 g/mol. The number of rotatable bonds is 4. The minimum Gasteiger partial charge on any atom is -0.316 e. The molecule has 21 heavy (non-hydrogen) atoms. The molecule has 0 saturated heterocycles. The number of nitrogens with one attached hydrogen (secondary N) is 1. The highest BCUT2D eigenvalue weighted by Crippen LogP contribution is 2.40. The second kappa shape index (κ2) is 6.73. The van der Waals surface area contributed by atoms with Gasteiger partial charge in [0.05, 0.1) is 5.56 Å². The van der Waals surface area contributed by atoms with E-state index in [2.05, 4.69) is 5.32 Å². The number of halogens is 4. The molecule has 112 valence electrons. The van der Waals surface area contributed by atoms with Gasteiger partial charge in [-0.3, -0.25) is 0 Å². The van der Waals surface area contributed by atoms with Gasteiger partial charge in [-0.05, 0) is 49.0 Å². The zero-order chi connectivity index (χ0) is 15.5. The third-order valence-corrected chi connectivity index (χ3v) is 4.11. The van der Waals surface area contributed by atoms with E-state index in [9.17, 15) is 13.2 Å². The van der Waals surface area contributed by atoms with Crippen LogP contribution in [0.25, 0.3) is 0 Å². The summed E-state index contributed by atoms with van der Waals surface area (Å²) >= 11 is 6.86. The fourth-order valence-electron chi connectivity index (χ4n) is 1.83. The number of hydrogen-bond donors (Lipinski definition) is 1. The van der Waals surface area contributed by atoms with E-state index in [0.717, 1.165) is 11.8 Å². The van der Waals surface area contributed by atoms with Crippen LogP contribution in [0.15, 0.2) is 52.3 Å². The molecule has 0 amide bonds. The summed E-state index contributed by atoms with van der Waals surface area (Å²) in [4.78, 5) is 0.899. The third-order valence-electron chi connectivity index (χ3n) is 2.77.